The number of carbonyl (C=O) groups excluding carboxylic acids is 1. The van der Waals surface area contributed by atoms with Crippen LogP contribution in [0.4, 0.5) is 0 Å². The summed E-state index contributed by atoms with van der Waals surface area (Å²) in [7, 11) is 0. The molecule has 2 rings (SSSR count). The molecule has 2 aromatic carbocycles. The minimum absolute atomic E-state index is 0.0778. The van der Waals surface area contributed by atoms with E-state index in [9.17, 15) is 4.79 Å². The third kappa shape index (κ3) is 4.20. The molecule has 2 aromatic rings. The number of nitrogens with two attached hydrogens (primary N) is 1. The molecule has 0 aromatic heterocycles. The molecule has 0 heterocycles. The highest BCUT2D eigenvalue weighted by molar-refractivity contribution is 9.10. The first kappa shape index (κ1) is 15.8. The van der Waals surface area contributed by atoms with Gasteiger partial charge in [0.1, 0.15) is 0 Å². The maximum Gasteiger partial charge on any atom is 0.367 e. The van der Waals surface area contributed by atoms with E-state index >= 15 is 0 Å². The Morgan fingerprint density at radius 3 is 2.48 bits per heavy atom. The Balaban J connectivity index is 2.14. The first-order chi connectivity index (χ1) is 9.97. The van der Waals surface area contributed by atoms with Crippen LogP contribution < -0.4 is 5.73 Å². The third-order valence-corrected chi connectivity index (χ3v) is 3.61. The van der Waals surface area contributed by atoms with Crippen molar-refractivity contribution in [1.82, 2.24) is 0 Å². The molecule has 0 aliphatic carbocycles. The van der Waals surface area contributed by atoms with Crippen molar-refractivity contribution < 1.29 is 9.63 Å². The first-order valence-electron chi connectivity index (χ1n) is 5.73. The third-order valence-electron chi connectivity index (χ3n) is 2.52. The predicted molar refractivity (Wildman–Crippen MR) is 86.7 cm³/mol. The monoisotopic (exact) mass is 386 g/mol. The number of hydrogen-bond donors (Lipinski definition) is 1. The summed E-state index contributed by atoms with van der Waals surface area (Å²) in [5.74, 6) is -0.656. The van der Waals surface area contributed by atoms with E-state index in [2.05, 4.69) is 21.1 Å². The minimum atomic E-state index is -0.734. The van der Waals surface area contributed by atoms with Gasteiger partial charge in [-0.15, -0.1) is 0 Å². The van der Waals surface area contributed by atoms with E-state index in [0.717, 1.165) is 4.47 Å². The van der Waals surface area contributed by atoms with Gasteiger partial charge in [0.05, 0.1) is 10.6 Å². The van der Waals surface area contributed by atoms with E-state index in [1.807, 2.05) is 0 Å². The zero-order valence-corrected chi connectivity index (χ0v) is 13.6. The van der Waals surface area contributed by atoms with Crippen LogP contribution in [0.25, 0.3) is 0 Å². The quantitative estimate of drug-likeness (QED) is 0.371. The normalized spacial score (nSPS) is 11.3. The van der Waals surface area contributed by atoms with Crippen LogP contribution in [0.15, 0.2) is 52.1 Å². The van der Waals surface area contributed by atoms with Gasteiger partial charge in [0, 0.05) is 15.1 Å². The summed E-state index contributed by atoms with van der Waals surface area (Å²) in [6.45, 7) is 0. The van der Waals surface area contributed by atoms with Gasteiger partial charge < -0.3 is 10.6 Å². The Labute approximate surface area is 139 Å². The summed E-state index contributed by atoms with van der Waals surface area (Å²) in [6, 6.07) is 11.5. The second-order valence-electron chi connectivity index (χ2n) is 3.99. The standard InChI is InChI=1S/C14H9BrCl2N2O2/c15-9-3-1-8(2-4-9)13(18)19-21-14(20)11-7-10(16)5-6-12(11)17/h1-7H,(H2,18,19). The van der Waals surface area contributed by atoms with Crippen LogP contribution >= 0.6 is 39.1 Å². The second kappa shape index (κ2) is 6.93. The molecule has 21 heavy (non-hydrogen) atoms. The molecule has 0 fully saturated rings. The van der Waals surface area contributed by atoms with Crippen molar-refractivity contribution in [3.05, 3.63) is 68.1 Å². The number of hydrogen-bond acceptors (Lipinski definition) is 3. The molecule has 108 valence electrons. The molecule has 0 spiro atoms. The molecule has 0 amide bonds. The Hall–Kier alpha value is -1.56. The molecule has 7 heteroatoms. The van der Waals surface area contributed by atoms with Gasteiger partial charge in [0.2, 0.25) is 0 Å². The van der Waals surface area contributed by atoms with E-state index in [1.165, 1.54) is 12.1 Å². The van der Waals surface area contributed by atoms with Gasteiger partial charge in [-0.1, -0.05) is 56.4 Å². The highest BCUT2D eigenvalue weighted by atomic mass is 79.9. The Kier molecular flexibility index (Phi) is 5.22. The van der Waals surface area contributed by atoms with Crippen molar-refractivity contribution in [3.8, 4) is 0 Å². The summed E-state index contributed by atoms with van der Waals surface area (Å²) in [5, 5.41) is 4.19. The lowest BCUT2D eigenvalue weighted by Crippen LogP contribution is -2.15. The smallest absolute Gasteiger partial charge is 0.367 e. The number of rotatable bonds is 3. The molecule has 0 saturated heterocycles. The van der Waals surface area contributed by atoms with Gasteiger partial charge in [-0.05, 0) is 30.3 Å². The van der Waals surface area contributed by atoms with Crippen molar-refractivity contribution in [2.75, 3.05) is 0 Å². The van der Waals surface area contributed by atoms with E-state index in [0.29, 0.717) is 10.6 Å². The first-order valence-corrected chi connectivity index (χ1v) is 7.28. The minimum Gasteiger partial charge on any atom is -0.380 e. The zero-order valence-electron chi connectivity index (χ0n) is 10.5. The van der Waals surface area contributed by atoms with Crippen LogP contribution in [-0.2, 0) is 4.84 Å². The SMILES string of the molecule is N/C(=N/OC(=O)c1cc(Cl)ccc1Cl)c1ccc(Br)cc1. The molecular weight excluding hydrogens is 379 g/mol. The van der Waals surface area contributed by atoms with Crippen LogP contribution in [0, 0.1) is 0 Å². The van der Waals surface area contributed by atoms with Crippen LogP contribution in [0.1, 0.15) is 15.9 Å². The number of carbonyl (C=O) groups is 1. The summed E-state index contributed by atoms with van der Waals surface area (Å²) < 4.78 is 0.904. The van der Waals surface area contributed by atoms with E-state index in [-0.39, 0.29) is 16.4 Å². The highest BCUT2D eigenvalue weighted by Gasteiger charge is 2.13. The molecule has 2 N–H and O–H groups in total. The van der Waals surface area contributed by atoms with Crippen molar-refractivity contribution in [2.24, 2.45) is 10.9 Å². The van der Waals surface area contributed by atoms with Gasteiger partial charge in [-0.3, -0.25) is 0 Å². The molecule has 0 aliphatic rings. The molecular formula is C14H9BrCl2N2O2. The predicted octanol–water partition coefficient (Wildman–Crippen LogP) is 4.23. The topological polar surface area (TPSA) is 64.7 Å². The average Bonchev–Trinajstić information content (AvgIpc) is 2.47. The summed E-state index contributed by atoms with van der Waals surface area (Å²) in [6.07, 6.45) is 0. The fourth-order valence-corrected chi connectivity index (χ4v) is 2.10. The summed E-state index contributed by atoms with van der Waals surface area (Å²) in [4.78, 5) is 16.7. The molecule has 0 unspecified atom stereocenters. The number of oxime groups is 1. The van der Waals surface area contributed by atoms with Crippen molar-refractivity contribution >= 4 is 50.9 Å². The lowest BCUT2D eigenvalue weighted by Gasteiger charge is -2.03. The number of halogens is 3. The number of nitrogens with zero attached hydrogens (tertiary/aromatic N) is 1. The fraction of sp³-hybridized carbons (Fsp3) is 0. The van der Waals surface area contributed by atoms with Gasteiger partial charge in [0.25, 0.3) is 0 Å². The van der Waals surface area contributed by atoms with Gasteiger partial charge in [-0.25, -0.2) is 4.79 Å². The molecule has 0 bridgehead atoms. The van der Waals surface area contributed by atoms with Gasteiger partial charge >= 0.3 is 5.97 Å². The maximum atomic E-state index is 11.9. The molecule has 0 saturated carbocycles. The van der Waals surface area contributed by atoms with Crippen LogP contribution in [0.3, 0.4) is 0 Å². The second-order valence-corrected chi connectivity index (χ2v) is 5.75. The van der Waals surface area contributed by atoms with Gasteiger partial charge in [-0.2, -0.15) is 0 Å². The van der Waals surface area contributed by atoms with E-state index in [1.54, 1.807) is 30.3 Å². The van der Waals surface area contributed by atoms with Gasteiger partial charge in [0.15, 0.2) is 5.84 Å². The molecule has 0 radical (unpaired) electrons. The lowest BCUT2D eigenvalue weighted by atomic mass is 10.2. The van der Waals surface area contributed by atoms with E-state index < -0.39 is 5.97 Å². The summed E-state index contributed by atoms with van der Waals surface area (Å²) >= 11 is 15.0. The highest BCUT2D eigenvalue weighted by Crippen LogP contribution is 2.21. The molecule has 4 nitrogen and oxygen atoms in total. The maximum absolute atomic E-state index is 11.9. The summed E-state index contributed by atoms with van der Waals surface area (Å²) in [5.41, 5.74) is 6.49. The number of benzene rings is 2. The van der Waals surface area contributed by atoms with E-state index in [4.69, 9.17) is 33.8 Å². The molecule has 0 atom stereocenters. The van der Waals surface area contributed by atoms with Crippen molar-refractivity contribution in [3.63, 3.8) is 0 Å². The van der Waals surface area contributed by atoms with Crippen LogP contribution in [-0.4, -0.2) is 11.8 Å². The average molecular weight is 388 g/mol. The van der Waals surface area contributed by atoms with Crippen LogP contribution in [0.2, 0.25) is 10.0 Å². The number of amidine groups is 1. The molecule has 0 aliphatic heterocycles. The van der Waals surface area contributed by atoms with Crippen LogP contribution in [0.5, 0.6) is 0 Å². The Morgan fingerprint density at radius 2 is 1.81 bits per heavy atom. The largest absolute Gasteiger partial charge is 0.380 e. The van der Waals surface area contributed by atoms with Crippen molar-refractivity contribution in [2.45, 2.75) is 0 Å². The zero-order chi connectivity index (χ0) is 15.4. The fourth-order valence-electron chi connectivity index (χ4n) is 1.47. The van der Waals surface area contributed by atoms with Crippen molar-refractivity contribution in [1.29, 1.82) is 0 Å². The Morgan fingerprint density at radius 1 is 1.14 bits per heavy atom. The lowest BCUT2D eigenvalue weighted by molar-refractivity contribution is 0.0516. The Bertz CT molecular complexity index is 703.